The third kappa shape index (κ3) is 2.82. The van der Waals surface area contributed by atoms with Crippen molar-refractivity contribution in [2.45, 2.75) is 13.8 Å². The standard InChI is InChI=1S/C19H15ClN4/c1-11-9-13(5-4-8-21)10-12(2)16(11)14-6-3-7-15-17(14)23-19(20)24-18(15)22/h3-7,9-10H,1-2H3,(H2,22,23,24)/b5-4+. The monoisotopic (exact) mass is 334 g/mol. The molecule has 0 atom stereocenters. The van der Waals surface area contributed by atoms with Gasteiger partial charge < -0.3 is 5.73 Å². The average molecular weight is 335 g/mol. The molecule has 0 fully saturated rings. The van der Waals surface area contributed by atoms with Gasteiger partial charge in [-0.2, -0.15) is 5.26 Å². The molecule has 118 valence electrons. The minimum atomic E-state index is 0.135. The predicted molar refractivity (Wildman–Crippen MR) is 98.5 cm³/mol. The van der Waals surface area contributed by atoms with E-state index in [9.17, 15) is 0 Å². The molecular weight excluding hydrogens is 320 g/mol. The van der Waals surface area contributed by atoms with Gasteiger partial charge in [0.1, 0.15) is 5.82 Å². The van der Waals surface area contributed by atoms with E-state index in [-0.39, 0.29) is 5.28 Å². The maximum atomic E-state index is 8.69. The molecule has 1 heterocycles. The Morgan fingerprint density at radius 2 is 1.88 bits per heavy atom. The Labute approximate surface area is 145 Å². The average Bonchev–Trinajstić information content (AvgIpc) is 2.52. The molecular formula is C19H15ClN4. The Morgan fingerprint density at radius 1 is 1.17 bits per heavy atom. The van der Waals surface area contributed by atoms with E-state index in [0.29, 0.717) is 5.82 Å². The molecule has 0 unspecified atom stereocenters. The number of para-hydroxylation sites is 1. The zero-order valence-electron chi connectivity index (χ0n) is 13.3. The summed E-state index contributed by atoms with van der Waals surface area (Å²) in [4.78, 5) is 8.41. The summed E-state index contributed by atoms with van der Waals surface area (Å²) in [5, 5.41) is 9.61. The molecule has 0 bridgehead atoms. The van der Waals surface area contributed by atoms with Gasteiger partial charge in [0.05, 0.1) is 11.6 Å². The fraction of sp³-hybridized carbons (Fsp3) is 0.105. The zero-order valence-corrected chi connectivity index (χ0v) is 14.1. The minimum Gasteiger partial charge on any atom is -0.383 e. The van der Waals surface area contributed by atoms with Crippen molar-refractivity contribution >= 4 is 34.4 Å². The number of aryl methyl sites for hydroxylation is 2. The van der Waals surface area contributed by atoms with Crippen molar-refractivity contribution in [3.8, 4) is 17.2 Å². The van der Waals surface area contributed by atoms with Crippen LogP contribution in [0.4, 0.5) is 5.82 Å². The Morgan fingerprint density at radius 3 is 2.54 bits per heavy atom. The number of benzene rings is 2. The highest BCUT2D eigenvalue weighted by molar-refractivity contribution is 6.29. The number of nitrogens with two attached hydrogens (primary N) is 1. The van der Waals surface area contributed by atoms with E-state index in [2.05, 4.69) is 9.97 Å². The van der Waals surface area contributed by atoms with Crippen LogP contribution < -0.4 is 5.73 Å². The van der Waals surface area contributed by atoms with E-state index in [1.807, 2.05) is 50.2 Å². The van der Waals surface area contributed by atoms with Gasteiger partial charge >= 0.3 is 0 Å². The fourth-order valence-corrected chi connectivity index (χ4v) is 3.18. The molecule has 0 spiro atoms. The van der Waals surface area contributed by atoms with Gasteiger partial charge in [-0.3, -0.25) is 0 Å². The van der Waals surface area contributed by atoms with Crippen LogP contribution in [0.3, 0.4) is 0 Å². The first-order valence-electron chi connectivity index (χ1n) is 7.41. The second-order valence-electron chi connectivity index (χ2n) is 5.57. The molecule has 0 aliphatic carbocycles. The minimum absolute atomic E-state index is 0.135. The molecule has 2 aromatic carbocycles. The van der Waals surface area contributed by atoms with Crippen LogP contribution in [0.1, 0.15) is 16.7 Å². The molecule has 24 heavy (non-hydrogen) atoms. The topological polar surface area (TPSA) is 75.6 Å². The number of hydrogen-bond acceptors (Lipinski definition) is 4. The van der Waals surface area contributed by atoms with E-state index < -0.39 is 0 Å². The van der Waals surface area contributed by atoms with Crippen LogP contribution in [0.15, 0.2) is 36.4 Å². The Hall–Kier alpha value is -2.90. The third-order valence-electron chi connectivity index (χ3n) is 3.90. The number of hydrogen-bond donors (Lipinski definition) is 1. The first kappa shape index (κ1) is 16.0. The maximum absolute atomic E-state index is 8.69. The van der Waals surface area contributed by atoms with Crippen molar-refractivity contribution < 1.29 is 0 Å². The molecule has 0 saturated heterocycles. The molecule has 0 saturated carbocycles. The quantitative estimate of drug-likeness (QED) is 0.545. The van der Waals surface area contributed by atoms with Crippen LogP contribution in [0.2, 0.25) is 5.28 Å². The first-order valence-corrected chi connectivity index (χ1v) is 7.78. The van der Waals surface area contributed by atoms with Crippen LogP contribution in [0, 0.1) is 25.2 Å². The number of nitrogen functional groups attached to an aromatic ring is 1. The van der Waals surface area contributed by atoms with Crippen LogP contribution in [0.5, 0.6) is 0 Å². The number of aromatic nitrogens is 2. The van der Waals surface area contributed by atoms with Gasteiger partial charge in [0.2, 0.25) is 5.28 Å². The highest BCUT2D eigenvalue weighted by atomic mass is 35.5. The molecule has 1 aromatic heterocycles. The van der Waals surface area contributed by atoms with Crippen LogP contribution >= 0.6 is 11.6 Å². The summed E-state index contributed by atoms with van der Waals surface area (Å²) >= 11 is 6.00. The van der Waals surface area contributed by atoms with E-state index in [4.69, 9.17) is 22.6 Å². The normalized spacial score (nSPS) is 11.1. The number of rotatable bonds is 2. The molecule has 5 heteroatoms. The summed E-state index contributed by atoms with van der Waals surface area (Å²) in [7, 11) is 0. The number of allylic oxidation sites excluding steroid dienone is 1. The number of fused-ring (bicyclic) bond motifs is 1. The second kappa shape index (κ2) is 6.31. The Kier molecular flexibility index (Phi) is 4.20. The first-order chi connectivity index (χ1) is 11.5. The van der Waals surface area contributed by atoms with Crippen molar-refractivity contribution in [1.29, 1.82) is 5.26 Å². The summed E-state index contributed by atoms with van der Waals surface area (Å²) in [6.07, 6.45) is 3.27. The van der Waals surface area contributed by atoms with Crippen molar-refractivity contribution in [1.82, 2.24) is 9.97 Å². The van der Waals surface area contributed by atoms with Crippen LogP contribution in [-0.4, -0.2) is 9.97 Å². The third-order valence-corrected chi connectivity index (χ3v) is 4.07. The predicted octanol–water partition coefficient (Wildman–Crippen LogP) is 4.69. The molecule has 0 amide bonds. The number of nitrogens with zero attached hydrogens (tertiary/aromatic N) is 3. The number of anilines is 1. The number of nitriles is 1. The van der Waals surface area contributed by atoms with Gasteiger partial charge in [0.25, 0.3) is 0 Å². The maximum Gasteiger partial charge on any atom is 0.224 e. The van der Waals surface area contributed by atoms with Crippen molar-refractivity contribution in [2.75, 3.05) is 5.73 Å². The Bertz CT molecular complexity index is 993. The van der Waals surface area contributed by atoms with Crippen molar-refractivity contribution in [3.63, 3.8) is 0 Å². The van der Waals surface area contributed by atoms with Crippen molar-refractivity contribution in [2.24, 2.45) is 0 Å². The van der Waals surface area contributed by atoms with Gasteiger partial charge in [-0.05, 0) is 59.8 Å². The second-order valence-corrected chi connectivity index (χ2v) is 5.91. The van der Waals surface area contributed by atoms with E-state index >= 15 is 0 Å². The summed E-state index contributed by atoms with van der Waals surface area (Å²) in [5.74, 6) is 0.371. The Balaban J connectivity index is 2.29. The molecule has 2 N–H and O–H groups in total. The van der Waals surface area contributed by atoms with Gasteiger partial charge in [-0.1, -0.05) is 24.3 Å². The van der Waals surface area contributed by atoms with E-state index in [0.717, 1.165) is 38.7 Å². The van der Waals surface area contributed by atoms with Crippen molar-refractivity contribution in [3.05, 3.63) is 58.4 Å². The lowest BCUT2D eigenvalue weighted by Gasteiger charge is -2.14. The lowest BCUT2D eigenvalue weighted by atomic mass is 9.92. The van der Waals surface area contributed by atoms with Gasteiger partial charge in [0.15, 0.2) is 0 Å². The summed E-state index contributed by atoms with van der Waals surface area (Å²) in [6, 6.07) is 11.9. The summed E-state index contributed by atoms with van der Waals surface area (Å²) in [5.41, 5.74) is 11.9. The SMILES string of the molecule is Cc1cc(/C=C/C#N)cc(C)c1-c1cccc2c(N)nc(Cl)nc12. The summed E-state index contributed by atoms with van der Waals surface area (Å²) < 4.78 is 0. The largest absolute Gasteiger partial charge is 0.383 e. The number of halogens is 1. The lowest BCUT2D eigenvalue weighted by Crippen LogP contribution is -1.98. The van der Waals surface area contributed by atoms with Crippen LogP contribution in [-0.2, 0) is 0 Å². The van der Waals surface area contributed by atoms with Crippen LogP contribution in [0.25, 0.3) is 28.1 Å². The highest BCUT2D eigenvalue weighted by Crippen LogP contribution is 2.35. The van der Waals surface area contributed by atoms with E-state index in [1.54, 1.807) is 6.08 Å². The molecule has 3 aromatic rings. The fourth-order valence-electron chi connectivity index (χ4n) is 3.00. The molecule has 0 aliphatic heterocycles. The summed E-state index contributed by atoms with van der Waals surface area (Å²) in [6.45, 7) is 4.08. The van der Waals surface area contributed by atoms with E-state index in [1.165, 1.54) is 6.08 Å². The highest BCUT2D eigenvalue weighted by Gasteiger charge is 2.13. The molecule has 4 nitrogen and oxygen atoms in total. The smallest absolute Gasteiger partial charge is 0.224 e. The van der Waals surface area contributed by atoms with Gasteiger partial charge in [-0.15, -0.1) is 0 Å². The zero-order chi connectivity index (χ0) is 17.3. The lowest BCUT2D eigenvalue weighted by molar-refractivity contribution is 1.23. The molecule has 0 aliphatic rings. The van der Waals surface area contributed by atoms with Gasteiger partial charge in [0, 0.05) is 17.0 Å². The molecule has 0 radical (unpaired) electrons. The van der Waals surface area contributed by atoms with Gasteiger partial charge in [-0.25, -0.2) is 9.97 Å². The molecule has 3 rings (SSSR count).